The van der Waals surface area contributed by atoms with Gasteiger partial charge in [0.15, 0.2) is 0 Å². The minimum atomic E-state index is 0.0959. The molecule has 0 bridgehead atoms. The molecule has 0 aliphatic carbocycles. The van der Waals surface area contributed by atoms with Crippen molar-refractivity contribution >= 4 is 5.91 Å². The van der Waals surface area contributed by atoms with Gasteiger partial charge in [-0.05, 0) is 18.8 Å². The summed E-state index contributed by atoms with van der Waals surface area (Å²) in [5.74, 6) is 1.69. The lowest BCUT2D eigenvalue weighted by atomic mass is 9.96. The van der Waals surface area contributed by atoms with Crippen LogP contribution >= 0.6 is 0 Å². The predicted octanol–water partition coefficient (Wildman–Crippen LogP) is 2.44. The van der Waals surface area contributed by atoms with E-state index in [-0.39, 0.29) is 12.5 Å². The van der Waals surface area contributed by atoms with E-state index in [4.69, 9.17) is 4.74 Å². The lowest BCUT2D eigenvalue weighted by Gasteiger charge is -2.32. The van der Waals surface area contributed by atoms with Gasteiger partial charge in [0.2, 0.25) is 5.91 Å². The Kier molecular flexibility index (Phi) is 5.08. The van der Waals surface area contributed by atoms with E-state index < -0.39 is 0 Å². The Hall–Kier alpha value is -2.14. The maximum atomic E-state index is 11.8. The van der Waals surface area contributed by atoms with Crippen LogP contribution in [0, 0.1) is 5.92 Å². The van der Waals surface area contributed by atoms with Crippen LogP contribution in [0.25, 0.3) is 11.4 Å². The van der Waals surface area contributed by atoms with Crippen molar-refractivity contribution in [3.63, 3.8) is 0 Å². The molecular weight excluding hydrogens is 290 g/mol. The molecular formula is C18H23N3O2. The Labute approximate surface area is 136 Å². The van der Waals surface area contributed by atoms with Crippen LogP contribution in [0.5, 0.6) is 0 Å². The first-order chi connectivity index (χ1) is 11.3. The van der Waals surface area contributed by atoms with Crippen molar-refractivity contribution in [3.05, 3.63) is 42.7 Å². The maximum absolute atomic E-state index is 11.8. The Morgan fingerprint density at radius 3 is 2.70 bits per heavy atom. The highest BCUT2D eigenvalue weighted by Gasteiger charge is 2.23. The smallest absolute Gasteiger partial charge is 0.248 e. The molecule has 122 valence electrons. The minimum absolute atomic E-state index is 0.0959. The number of rotatable bonds is 5. The fourth-order valence-electron chi connectivity index (χ4n) is 3.16. The molecule has 1 saturated heterocycles. The summed E-state index contributed by atoms with van der Waals surface area (Å²) in [5.41, 5.74) is 1.14. The number of methoxy groups -OCH3 is 1. The van der Waals surface area contributed by atoms with Crippen molar-refractivity contribution in [2.24, 2.45) is 5.92 Å². The number of imidazole rings is 1. The standard InChI is InChI=1S/C18H23N3O2/c1-23-14-17(22)20-10-7-15(8-11-20)13-21-12-9-19-18(21)16-5-3-2-4-6-16/h2-6,9,12,15H,7-8,10-11,13-14H2,1H3. The van der Waals surface area contributed by atoms with Crippen molar-refractivity contribution < 1.29 is 9.53 Å². The lowest BCUT2D eigenvalue weighted by molar-refractivity contribution is -0.136. The van der Waals surface area contributed by atoms with Gasteiger partial charge in [-0.25, -0.2) is 4.98 Å². The number of nitrogens with zero attached hydrogens (tertiary/aromatic N) is 3. The quantitative estimate of drug-likeness (QED) is 0.852. The molecule has 0 unspecified atom stereocenters. The van der Waals surface area contributed by atoms with Crippen molar-refractivity contribution in [2.45, 2.75) is 19.4 Å². The van der Waals surface area contributed by atoms with Crippen LogP contribution < -0.4 is 0 Å². The van der Waals surface area contributed by atoms with Gasteiger partial charge in [-0.3, -0.25) is 4.79 Å². The number of hydrogen-bond donors (Lipinski definition) is 0. The van der Waals surface area contributed by atoms with Crippen LogP contribution in [-0.2, 0) is 16.1 Å². The number of carbonyl (C=O) groups excluding carboxylic acids is 1. The van der Waals surface area contributed by atoms with Crippen LogP contribution in [0.4, 0.5) is 0 Å². The third kappa shape index (κ3) is 3.79. The normalized spacial score (nSPS) is 15.8. The Morgan fingerprint density at radius 1 is 1.26 bits per heavy atom. The molecule has 0 spiro atoms. The largest absolute Gasteiger partial charge is 0.375 e. The summed E-state index contributed by atoms with van der Waals surface area (Å²) < 4.78 is 7.16. The highest BCUT2D eigenvalue weighted by molar-refractivity contribution is 5.77. The minimum Gasteiger partial charge on any atom is -0.375 e. The number of amides is 1. The van der Waals surface area contributed by atoms with E-state index in [1.807, 2.05) is 35.5 Å². The Morgan fingerprint density at radius 2 is 2.00 bits per heavy atom. The van der Waals surface area contributed by atoms with Crippen molar-refractivity contribution in [3.8, 4) is 11.4 Å². The Balaban J connectivity index is 1.60. The van der Waals surface area contributed by atoms with E-state index in [1.54, 1.807) is 7.11 Å². The number of benzene rings is 1. The molecule has 1 aliphatic heterocycles. The van der Waals surface area contributed by atoms with Crippen LogP contribution in [-0.4, -0.2) is 47.2 Å². The van der Waals surface area contributed by atoms with E-state index in [9.17, 15) is 4.79 Å². The molecule has 0 N–H and O–H groups in total. The monoisotopic (exact) mass is 313 g/mol. The van der Waals surface area contributed by atoms with Gasteiger partial charge < -0.3 is 14.2 Å². The molecule has 3 rings (SSSR count). The summed E-state index contributed by atoms with van der Waals surface area (Å²) in [6.45, 7) is 2.78. The van der Waals surface area contributed by atoms with Crippen LogP contribution in [0.3, 0.4) is 0 Å². The summed E-state index contributed by atoms with van der Waals surface area (Å²) in [6, 6.07) is 10.3. The van der Waals surface area contributed by atoms with Gasteiger partial charge in [-0.15, -0.1) is 0 Å². The van der Waals surface area contributed by atoms with Crippen molar-refractivity contribution in [2.75, 3.05) is 26.8 Å². The first kappa shape index (κ1) is 15.7. The fraction of sp³-hybridized carbons (Fsp3) is 0.444. The average Bonchev–Trinajstić information content (AvgIpc) is 3.05. The van der Waals surface area contributed by atoms with Gasteiger partial charge >= 0.3 is 0 Å². The number of carbonyl (C=O) groups is 1. The molecule has 5 heteroatoms. The second-order valence-corrected chi connectivity index (χ2v) is 6.03. The molecule has 0 radical (unpaired) electrons. The molecule has 5 nitrogen and oxygen atoms in total. The summed E-state index contributed by atoms with van der Waals surface area (Å²) in [6.07, 6.45) is 5.97. The summed E-state index contributed by atoms with van der Waals surface area (Å²) in [5, 5.41) is 0. The molecule has 23 heavy (non-hydrogen) atoms. The van der Waals surface area contributed by atoms with Crippen LogP contribution in [0.15, 0.2) is 42.7 Å². The molecule has 1 amide bonds. The third-order valence-electron chi connectivity index (χ3n) is 4.44. The molecule has 0 saturated carbocycles. The van der Waals surface area contributed by atoms with Gasteiger partial charge in [0.05, 0.1) is 0 Å². The Bertz CT molecular complexity index is 631. The molecule has 2 heterocycles. The lowest BCUT2D eigenvalue weighted by Crippen LogP contribution is -2.41. The van der Waals surface area contributed by atoms with E-state index >= 15 is 0 Å². The first-order valence-corrected chi connectivity index (χ1v) is 8.11. The zero-order valence-electron chi connectivity index (χ0n) is 13.5. The molecule has 1 fully saturated rings. The molecule has 1 aliphatic rings. The number of ether oxygens (including phenoxy) is 1. The number of aromatic nitrogens is 2. The van der Waals surface area contributed by atoms with Crippen molar-refractivity contribution in [1.29, 1.82) is 0 Å². The molecule has 0 atom stereocenters. The summed E-state index contributed by atoms with van der Waals surface area (Å²) >= 11 is 0. The molecule has 2 aromatic rings. The third-order valence-corrected chi connectivity index (χ3v) is 4.44. The number of likely N-dealkylation sites (tertiary alicyclic amines) is 1. The summed E-state index contributed by atoms with van der Waals surface area (Å²) in [4.78, 5) is 18.3. The van der Waals surface area contributed by atoms with E-state index in [1.165, 1.54) is 0 Å². The summed E-state index contributed by atoms with van der Waals surface area (Å²) in [7, 11) is 1.56. The highest BCUT2D eigenvalue weighted by atomic mass is 16.5. The van der Waals surface area contributed by atoms with Crippen LogP contribution in [0.2, 0.25) is 0 Å². The van der Waals surface area contributed by atoms with Crippen LogP contribution in [0.1, 0.15) is 12.8 Å². The SMILES string of the molecule is COCC(=O)N1CCC(Cn2ccnc2-c2ccccc2)CC1. The second kappa shape index (κ2) is 7.42. The van der Waals surface area contributed by atoms with Gasteiger partial charge in [-0.2, -0.15) is 0 Å². The predicted molar refractivity (Wildman–Crippen MR) is 88.8 cm³/mol. The van der Waals surface area contributed by atoms with E-state index in [2.05, 4.69) is 21.7 Å². The number of hydrogen-bond acceptors (Lipinski definition) is 3. The first-order valence-electron chi connectivity index (χ1n) is 8.11. The molecule has 1 aromatic heterocycles. The van der Waals surface area contributed by atoms with E-state index in [0.717, 1.165) is 43.9 Å². The van der Waals surface area contributed by atoms with Gasteiger partial charge in [-0.1, -0.05) is 30.3 Å². The van der Waals surface area contributed by atoms with Gasteiger partial charge in [0.25, 0.3) is 0 Å². The van der Waals surface area contributed by atoms with Gasteiger partial charge in [0, 0.05) is 44.7 Å². The van der Waals surface area contributed by atoms with E-state index in [0.29, 0.717) is 5.92 Å². The molecule has 1 aromatic carbocycles. The van der Waals surface area contributed by atoms with Crippen molar-refractivity contribution in [1.82, 2.24) is 14.5 Å². The average molecular weight is 313 g/mol. The topological polar surface area (TPSA) is 47.4 Å². The number of piperidine rings is 1. The highest BCUT2D eigenvalue weighted by Crippen LogP contribution is 2.23. The fourth-order valence-corrected chi connectivity index (χ4v) is 3.16. The zero-order valence-corrected chi connectivity index (χ0v) is 13.5. The van der Waals surface area contributed by atoms with Gasteiger partial charge in [0.1, 0.15) is 12.4 Å². The zero-order chi connectivity index (χ0) is 16.1. The maximum Gasteiger partial charge on any atom is 0.248 e. The second-order valence-electron chi connectivity index (χ2n) is 6.03.